The molecule has 0 aromatic rings. The molecule has 4 heteroatoms. The Morgan fingerprint density at radius 2 is 0.704 bits per heavy atom. The Bertz CT molecular complexity index is 253. The van der Waals surface area contributed by atoms with Crippen LogP contribution in [0.25, 0.3) is 0 Å². The lowest BCUT2D eigenvalue weighted by atomic mass is 10.0. The van der Waals surface area contributed by atoms with Crippen molar-refractivity contribution in [3.63, 3.8) is 0 Å². The molecule has 4 nitrogen and oxygen atoms in total. The van der Waals surface area contributed by atoms with Gasteiger partial charge in [-0.3, -0.25) is 5.43 Å². The molecule has 4 N–H and O–H groups in total. The van der Waals surface area contributed by atoms with Crippen molar-refractivity contribution in [2.24, 2.45) is 5.84 Å². The molecule has 0 aromatic carbocycles. The average Bonchev–Trinajstić information content (AvgIpc) is 2.67. The minimum absolute atomic E-state index is 1.22. The van der Waals surface area contributed by atoms with Crippen molar-refractivity contribution in [2.75, 3.05) is 0 Å². The first-order chi connectivity index (χ1) is 13.2. The molecule has 0 radical (unpaired) electrons. The van der Waals surface area contributed by atoms with Gasteiger partial charge in [0.15, 0.2) is 0 Å². The minimum Gasteiger partial charge on any atom is -0.464 e. The molecule has 0 rings (SSSR count). The SMILES string of the molecule is CCCCCCCCCCCCCCCCCCCCCC.NNC(=O)O. The van der Waals surface area contributed by atoms with E-state index in [4.69, 9.17) is 9.90 Å². The van der Waals surface area contributed by atoms with Crippen molar-refractivity contribution in [2.45, 2.75) is 142 Å². The van der Waals surface area contributed by atoms with Crippen molar-refractivity contribution in [1.82, 2.24) is 5.43 Å². The molecule has 0 atom stereocenters. The van der Waals surface area contributed by atoms with Crippen LogP contribution in [0, 0.1) is 0 Å². The number of hydrazine groups is 1. The van der Waals surface area contributed by atoms with Crippen LogP contribution in [0.15, 0.2) is 0 Å². The lowest BCUT2D eigenvalue weighted by Gasteiger charge is -2.03. The van der Waals surface area contributed by atoms with Crippen LogP contribution in [0.3, 0.4) is 0 Å². The highest BCUT2D eigenvalue weighted by molar-refractivity contribution is 5.63. The normalized spacial score (nSPS) is 10.3. The molecule has 1 amide bonds. The summed E-state index contributed by atoms with van der Waals surface area (Å²) in [5.41, 5.74) is 1.44. The van der Waals surface area contributed by atoms with Crippen LogP contribution in [0.4, 0.5) is 4.79 Å². The summed E-state index contributed by atoms with van der Waals surface area (Å²) in [4.78, 5) is 9.13. The number of carboxylic acid groups (broad SMARTS) is 1. The van der Waals surface area contributed by atoms with Crippen molar-refractivity contribution in [1.29, 1.82) is 0 Å². The highest BCUT2D eigenvalue weighted by Gasteiger charge is 1.94. The number of nitrogens with two attached hydrogens (primary N) is 1. The van der Waals surface area contributed by atoms with Gasteiger partial charge in [-0.1, -0.05) is 142 Å². The second-order valence-electron chi connectivity index (χ2n) is 7.81. The number of unbranched alkanes of at least 4 members (excludes halogenated alkanes) is 19. The monoisotopic (exact) mass is 386 g/mol. The molecule has 0 spiro atoms. The van der Waals surface area contributed by atoms with Crippen molar-refractivity contribution >= 4 is 6.09 Å². The summed E-state index contributed by atoms with van der Waals surface area (Å²) in [6, 6.07) is 0. The van der Waals surface area contributed by atoms with Crippen LogP contribution < -0.4 is 11.3 Å². The molecule has 0 saturated heterocycles. The van der Waals surface area contributed by atoms with E-state index in [1.54, 1.807) is 0 Å². The van der Waals surface area contributed by atoms with Gasteiger partial charge >= 0.3 is 6.09 Å². The first-order valence-corrected chi connectivity index (χ1v) is 11.9. The number of hydrogen-bond donors (Lipinski definition) is 3. The van der Waals surface area contributed by atoms with E-state index in [1.165, 1.54) is 134 Å². The highest BCUT2D eigenvalue weighted by Crippen LogP contribution is 2.14. The minimum atomic E-state index is -1.22. The second-order valence-corrected chi connectivity index (χ2v) is 7.81. The maximum absolute atomic E-state index is 9.13. The number of hydrogen-bond acceptors (Lipinski definition) is 2. The van der Waals surface area contributed by atoms with E-state index < -0.39 is 6.09 Å². The van der Waals surface area contributed by atoms with Gasteiger partial charge in [0.1, 0.15) is 0 Å². The molecule has 0 aliphatic carbocycles. The predicted molar refractivity (Wildman–Crippen MR) is 119 cm³/mol. The van der Waals surface area contributed by atoms with Crippen LogP contribution in [0.5, 0.6) is 0 Å². The Morgan fingerprint density at radius 3 is 0.815 bits per heavy atom. The van der Waals surface area contributed by atoms with Crippen LogP contribution >= 0.6 is 0 Å². The van der Waals surface area contributed by atoms with Gasteiger partial charge in [0.25, 0.3) is 0 Å². The first kappa shape index (κ1) is 28.4. The third kappa shape index (κ3) is 33.3. The van der Waals surface area contributed by atoms with E-state index in [1.807, 2.05) is 0 Å². The summed E-state index contributed by atoms with van der Waals surface area (Å²) >= 11 is 0. The molecule has 0 unspecified atom stereocenters. The van der Waals surface area contributed by atoms with Crippen LogP contribution in [0.2, 0.25) is 0 Å². The lowest BCUT2D eigenvalue weighted by molar-refractivity contribution is 0.194. The topological polar surface area (TPSA) is 75.3 Å². The van der Waals surface area contributed by atoms with Gasteiger partial charge in [-0.15, -0.1) is 0 Å². The van der Waals surface area contributed by atoms with Crippen LogP contribution in [-0.2, 0) is 0 Å². The quantitative estimate of drug-likeness (QED) is 0.0912. The smallest absolute Gasteiger partial charge is 0.418 e. The van der Waals surface area contributed by atoms with E-state index >= 15 is 0 Å². The Labute approximate surface area is 170 Å². The van der Waals surface area contributed by atoms with Gasteiger partial charge in [-0.25, -0.2) is 10.6 Å². The van der Waals surface area contributed by atoms with Crippen molar-refractivity contribution in [3.8, 4) is 0 Å². The average molecular weight is 387 g/mol. The second kappa shape index (κ2) is 27.4. The number of carbonyl (C=O) groups is 1. The zero-order valence-electron chi connectivity index (χ0n) is 18.6. The molecule has 0 fully saturated rings. The Kier molecular flexibility index (Phi) is 28.9. The maximum Gasteiger partial charge on any atom is 0.418 e. The molecule has 0 saturated carbocycles. The van der Waals surface area contributed by atoms with Crippen LogP contribution in [0.1, 0.15) is 142 Å². The van der Waals surface area contributed by atoms with E-state index in [2.05, 4.69) is 19.7 Å². The summed E-state index contributed by atoms with van der Waals surface area (Å²) < 4.78 is 0. The molecule has 0 aliphatic heterocycles. The fraction of sp³-hybridized carbons (Fsp3) is 0.957. The van der Waals surface area contributed by atoms with Crippen LogP contribution in [-0.4, -0.2) is 11.2 Å². The third-order valence-electron chi connectivity index (χ3n) is 5.08. The molecule has 0 aliphatic rings. The Balaban J connectivity index is 0. The third-order valence-corrected chi connectivity index (χ3v) is 5.08. The fourth-order valence-electron chi connectivity index (χ4n) is 3.33. The number of rotatable bonds is 19. The molecule has 0 heterocycles. The lowest BCUT2D eigenvalue weighted by Crippen LogP contribution is -2.27. The first-order valence-electron chi connectivity index (χ1n) is 11.9. The largest absolute Gasteiger partial charge is 0.464 e. The zero-order chi connectivity index (χ0) is 20.4. The summed E-state index contributed by atoms with van der Waals surface area (Å²) in [7, 11) is 0. The molecular formula is C23H50N2O2. The zero-order valence-corrected chi connectivity index (χ0v) is 18.6. The Hall–Kier alpha value is -0.770. The van der Waals surface area contributed by atoms with Gasteiger partial charge in [0.2, 0.25) is 0 Å². The van der Waals surface area contributed by atoms with Gasteiger partial charge in [-0.05, 0) is 0 Å². The van der Waals surface area contributed by atoms with Gasteiger partial charge in [-0.2, -0.15) is 0 Å². The van der Waals surface area contributed by atoms with E-state index in [-0.39, 0.29) is 0 Å². The predicted octanol–water partition coefficient (Wildman–Crippen LogP) is 7.96. The number of nitrogens with one attached hydrogen (secondary N) is 1. The summed E-state index contributed by atoms with van der Waals surface area (Å²) in [6.07, 6.45) is 28.2. The van der Waals surface area contributed by atoms with Gasteiger partial charge in [0.05, 0.1) is 0 Å². The standard InChI is InChI=1S/C22H46.CH4N2O2/c1-3-5-7-9-11-13-15-17-19-21-22-20-18-16-14-12-10-8-6-4-2;2-3-1(4)5/h3-22H2,1-2H3;3H,2H2,(H,4,5). The Morgan fingerprint density at radius 1 is 0.556 bits per heavy atom. The molecule has 0 aromatic heterocycles. The molecular weight excluding hydrogens is 336 g/mol. The molecule has 164 valence electrons. The van der Waals surface area contributed by atoms with E-state index in [9.17, 15) is 0 Å². The molecule has 27 heavy (non-hydrogen) atoms. The number of amides is 1. The van der Waals surface area contributed by atoms with E-state index in [0.29, 0.717) is 0 Å². The summed E-state index contributed by atoms with van der Waals surface area (Å²) in [6.45, 7) is 4.60. The van der Waals surface area contributed by atoms with Crippen molar-refractivity contribution in [3.05, 3.63) is 0 Å². The summed E-state index contributed by atoms with van der Waals surface area (Å²) in [5, 5.41) is 7.49. The maximum atomic E-state index is 9.13. The van der Waals surface area contributed by atoms with Gasteiger partial charge in [0, 0.05) is 0 Å². The molecule has 0 bridgehead atoms. The van der Waals surface area contributed by atoms with Gasteiger partial charge < -0.3 is 5.11 Å². The van der Waals surface area contributed by atoms with E-state index in [0.717, 1.165) is 0 Å². The van der Waals surface area contributed by atoms with Crippen molar-refractivity contribution < 1.29 is 9.90 Å². The highest BCUT2D eigenvalue weighted by atomic mass is 16.4. The summed E-state index contributed by atoms with van der Waals surface area (Å²) in [5.74, 6) is 4.32. The fourth-order valence-corrected chi connectivity index (χ4v) is 3.33.